The number of nitrogens with zero attached hydrogens (tertiary/aromatic N) is 3. The zero-order valence-electron chi connectivity index (χ0n) is 9.77. The van der Waals surface area contributed by atoms with Crippen LogP contribution < -0.4 is 10.6 Å². The van der Waals surface area contributed by atoms with E-state index in [-0.39, 0.29) is 19.0 Å². The second-order valence-electron chi connectivity index (χ2n) is 3.47. The highest BCUT2D eigenvalue weighted by Crippen LogP contribution is 2.26. The second-order valence-corrected chi connectivity index (χ2v) is 4.45. The molecular weight excluding hydrogens is 299 g/mol. The van der Waals surface area contributed by atoms with Crippen LogP contribution in [0.2, 0.25) is 0 Å². The number of carbonyl (C=O) groups excluding carboxylic acids is 1. The number of aromatic nitrogens is 3. The number of hydrogen-bond acceptors (Lipinski definition) is 6. The standard InChI is InChI=1S/C9H8F3N5O2S/c10-9(11,12)7-16-5(19-17-7)3-14-8(18)15-4-6-13-1-2-20-6/h1-2H,3-4H2,(H2,14,15,18). The SMILES string of the molecule is O=C(NCc1nc(C(F)(F)F)no1)NCc1nccs1. The molecule has 0 saturated carbocycles. The number of thiazole rings is 1. The average molecular weight is 307 g/mol. The van der Waals surface area contributed by atoms with Gasteiger partial charge in [-0.2, -0.15) is 18.2 Å². The lowest BCUT2D eigenvalue weighted by atomic mass is 10.6. The van der Waals surface area contributed by atoms with E-state index in [0.717, 1.165) is 0 Å². The molecule has 0 fully saturated rings. The predicted molar refractivity (Wildman–Crippen MR) is 60.5 cm³/mol. The monoisotopic (exact) mass is 307 g/mol. The van der Waals surface area contributed by atoms with E-state index in [9.17, 15) is 18.0 Å². The Kier molecular flexibility index (Phi) is 4.17. The summed E-state index contributed by atoms with van der Waals surface area (Å²) in [5, 5.41) is 9.99. The highest BCUT2D eigenvalue weighted by Gasteiger charge is 2.37. The van der Waals surface area contributed by atoms with Crippen molar-refractivity contribution in [1.82, 2.24) is 25.8 Å². The summed E-state index contributed by atoms with van der Waals surface area (Å²) in [7, 11) is 0. The summed E-state index contributed by atoms with van der Waals surface area (Å²) >= 11 is 1.37. The summed E-state index contributed by atoms with van der Waals surface area (Å²) in [6, 6.07) is -0.577. The lowest BCUT2D eigenvalue weighted by Crippen LogP contribution is -2.34. The minimum absolute atomic E-state index is 0.223. The molecule has 2 amide bonds. The highest BCUT2D eigenvalue weighted by atomic mass is 32.1. The van der Waals surface area contributed by atoms with E-state index in [1.807, 2.05) is 0 Å². The quantitative estimate of drug-likeness (QED) is 0.894. The molecule has 0 aliphatic rings. The number of amides is 2. The van der Waals surface area contributed by atoms with E-state index in [2.05, 4.69) is 30.3 Å². The predicted octanol–water partition coefficient (Wildman–Crippen LogP) is 1.54. The first kappa shape index (κ1) is 14.2. The Balaban J connectivity index is 1.77. The van der Waals surface area contributed by atoms with E-state index in [0.29, 0.717) is 5.01 Å². The smallest absolute Gasteiger partial charge is 0.337 e. The molecule has 0 radical (unpaired) electrons. The molecule has 0 saturated heterocycles. The first-order valence-electron chi connectivity index (χ1n) is 5.25. The fraction of sp³-hybridized carbons (Fsp3) is 0.333. The van der Waals surface area contributed by atoms with E-state index < -0.39 is 18.0 Å². The number of carbonyl (C=O) groups is 1. The lowest BCUT2D eigenvalue weighted by Gasteiger charge is -2.03. The van der Waals surface area contributed by atoms with E-state index in [1.54, 1.807) is 11.6 Å². The maximum Gasteiger partial charge on any atom is 0.455 e. The van der Waals surface area contributed by atoms with Crippen molar-refractivity contribution in [1.29, 1.82) is 0 Å². The van der Waals surface area contributed by atoms with Gasteiger partial charge in [-0.3, -0.25) is 0 Å². The van der Waals surface area contributed by atoms with Crippen molar-refractivity contribution >= 4 is 17.4 Å². The third-order valence-corrected chi connectivity index (χ3v) is 2.79. The second kappa shape index (κ2) is 5.86. The molecule has 2 heterocycles. The molecule has 0 aromatic carbocycles. The first-order valence-corrected chi connectivity index (χ1v) is 6.13. The van der Waals surface area contributed by atoms with Gasteiger partial charge >= 0.3 is 12.2 Å². The van der Waals surface area contributed by atoms with Crippen LogP contribution in [0.15, 0.2) is 16.1 Å². The topological polar surface area (TPSA) is 92.9 Å². The van der Waals surface area contributed by atoms with Crippen molar-refractivity contribution in [3.05, 3.63) is 28.3 Å². The fourth-order valence-corrected chi connectivity index (χ4v) is 1.71. The number of alkyl halides is 3. The number of hydrogen-bond donors (Lipinski definition) is 2. The third-order valence-electron chi connectivity index (χ3n) is 2.01. The number of urea groups is 1. The molecule has 0 atom stereocenters. The lowest BCUT2D eigenvalue weighted by molar-refractivity contribution is -0.146. The Bertz CT molecular complexity index is 568. The molecular formula is C9H8F3N5O2S. The molecule has 20 heavy (non-hydrogen) atoms. The zero-order chi connectivity index (χ0) is 14.6. The van der Waals surface area contributed by atoms with Gasteiger partial charge in [-0.05, 0) is 0 Å². The molecule has 11 heteroatoms. The van der Waals surface area contributed by atoms with Crippen LogP contribution in [-0.2, 0) is 19.3 Å². The summed E-state index contributed by atoms with van der Waals surface area (Å²) in [6.07, 6.45) is -3.08. The number of rotatable bonds is 4. The van der Waals surface area contributed by atoms with E-state index >= 15 is 0 Å². The molecule has 7 nitrogen and oxygen atoms in total. The minimum atomic E-state index is -4.67. The molecule has 2 aromatic heterocycles. The third kappa shape index (κ3) is 3.91. The van der Waals surface area contributed by atoms with E-state index in [4.69, 9.17) is 0 Å². The molecule has 0 aliphatic heterocycles. The first-order chi connectivity index (χ1) is 9.45. The van der Waals surface area contributed by atoms with Crippen molar-refractivity contribution in [2.75, 3.05) is 0 Å². The van der Waals surface area contributed by atoms with Crippen molar-refractivity contribution in [3.8, 4) is 0 Å². The van der Waals surface area contributed by atoms with Gasteiger partial charge in [0.15, 0.2) is 0 Å². The van der Waals surface area contributed by atoms with Crippen molar-refractivity contribution in [3.63, 3.8) is 0 Å². The van der Waals surface area contributed by atoms with Crippen LogP contribution in [0.3, 0.4) is 0 Å². The number of halogens is 3. The van der Waals surface area contributed by atoms with Crippen molar-refractivity contribution < 1.29 is 22.5 Å². The van der Waals surface area contributed by atoms with Crippen LogP contribution in [0, 0.1) is 0 Å². The van der Waals surface area contributed by atoms with E-state index in [1.165, 1.54) is 11.3 Å². The summed E-state index contributed by atoms with van der Waals surface area (Å²) < 4.78 is 40.9. The van der Waals surface area contributed by atoms with Gasteiger partial charge < -0.3 is 15.2 Å². The Hall–Kier alpha value is -2.17. The molecule has 2 rings (SSSR count). The number of nitrogens with one attached hydrogen (secondary N) is 2. The normalized spacial score (nSPS) is 11.3. The molecule has 108 valence electrons. The average Bonchev–Trinajstić information content (AvgIpc) is 3.04. The van der Waals surface area contributed by atoms with Crippen LogP contribution in [-0.4, -0.2) is 21.2 Å². The Labute approximate surface area is 114 Å². The van der Waals surface area contributed by atoms with Crippen LogP contribution in [0.25, 0.3) is 0 Å². The largest absolute Gasteiger partial charge is 0.455 e. The van der Waals surface area contributed by atoms with Crippen LogP contribution >= 0.6 is 11.3 Å². The summed E-state index contributed by atoms with van der Waals surface area (Å²) in [5.74, 6) is -1.71. The molecule has 0 aliphatic carbocycles. The summed E-state index contributed by atoms with van der Waals surface area (Å²) in [6.45, 7) is -0.0755. The highest BCUT2D eigenvalue weighted by molar-refractivity contribution is 7.09. The van der Waals surface area contributed by atoms with Gasteiger partial charge in [-0.25, -0.2) is 9.78 Å². The van der Waals surface area contributed by atoms with Crippen LogP contribution in [0.5, 0.6) is 0 Å². The van der Waals surface area contributed by atoms with Gasteiger partial charge in [0.1, 0.15) is 5.01 Å². The van der Waals surface area contributed by atoms with Gasteiger partial charge in [0.25, 0.3) is 5.82 Å². The van der Waals surface area contributed by atoms with Crippen molar-refractivity contribution in [2.24, 2.45) is 0 Å². The molecule has 2 N–H and O–H groups in total. The Morgan fingerprint density at radius 1 is 1.35 bits per heavy atom. The van der Waals surface area contributed by atoms with Gasteiger partial charge in [0, 0.05) is 11.6 Å². The Morgan fingerprint density at radius 3 is 2.70 bits per heavy atom. The maximum absolute atomic E-state index is 12.2. The zero-order valence-corrected chi connectivity index (χ0v) is 10.6. The van der Waals surface area contributed by atoms with Crippen LogP contribution in [0.1, 0.15) is 16.7 Å². The molecule has 0 spiro atoms. The minimum Gasteiger partial charge on any atom is -0.337 e. The fourth-order valence-electron chi connectivity index (χ4n) is 1.16. The maximum atomic E-state index is 12.2. The molecule has 0 unspecified atom stereocenters. The molecule has 2 aromatic rings. The Morgan fingerprint density at radius 2 is 2.10 bits per heavy atom. The molecule has 0 bridgehead atoms. The van der Waals surface area contributed by atoms with Gasteiger partial charge in [0.05, 0.1) is 13.1 Å². The summed E-state index contributed by atoms with van der Waals surface area (Å²) in [4.78, 5) is 18.4. The van der Waals surface area contributed by atoms with Crippen LogP contribution in [0.4, 0.5) is 18.0 Å². The van der Waals surface area contributed by atoms with Gasteiger partial charge in [0.2, 0.25) is 5.89 Å². The van der Waals surface area contributed by atoms with Gasteiger partial charge in [-0.15, -0.1) is 11.3 Å². The van der Waals surface area contributed by atoms with Gasteiger partial charge in [-0.1, -0.05) is 5.16 Å². The summed E-state index contributed by atoms with van der Waals surface area (Å²) in [5.41, 5.74) is 0. The van der Waals surface area contributed by atoms with Crippen molar-refractivity contribution in [2.45, 2.75) is 19.3 Å².